The third-order valence-electron chi connectivity index (χ3n) is 6.69. The molecule has 4 heterocycles. The van der Waals surface area contributed by atoms with Gasteiger partial charge in [0.2, 0.25) is 0 Å². The Morgan fingerprint density at radius 3 is 2.71 bits per heavy atom. The second kappa shape index (κ2) is 8.32. The third kappa shape index (κ3) is 3.56. The van der Waals surface area contributed by atoms with Crippen LogP contribution in [0, 0.1) is 5.82 Å². The van der Waals surface area contributed by atoms with Gasteiger partial charge in [-0.25, -0.2) is 9.18 Å². The van der Waals surface area contributed by atoms with Crippen LogP contribution in [0.3, 0.4) is 0 Å². The molecule has 8 nitrogen and oxygen atoms in total. The topological polar surface area (TPSA) is 82.0 Å². The molecule has 2 aromatic carbocycles. The minimum absolute atomic E-state index is 0.112. The number of benzene rings is 2. The Morgan fingerprint density at radius 1 is 1.00 bits per heavy atom. The van der Waals surface area contributed by atoms with Crippen molar-refractivity contribution >= 4 is 22.7 Å². The van der Waals surface area contributed by atoms with Gasteiger partial charge in [0.25, 0.3) is 5.56 Å². The maximum Gasteiger partial charge on any atom is 0.414 e. The van der Waals surface area contributed by atoms with Crippen molar-refractivity contribution in [3.63, 3.8) is 0 Å². The normalized spacial score (nSPS) is 20.7. The number of carbonyl (C=O) groups excluding carboxylic acids is 1. The largest absolute Gasteiger partial charge is 0.486 e. The number of nitrogens with one attached hydrogen (secondary N) is 1. The molecule has 1 amide bonds. The highest BCUT2D eigenvalue weighted by Gasteiger charge is 2.33. The van der Waals surface area contributed by atoms with Crippen molar-refractivity contribution < 1.29 is 23.4 Å². The van der Waals surface area contributed by atoms with Crippen molar-refractivity contribution in [2.45, 2.75) is 25.0 Å². The third-order valence-corrected chi connectivity index (χ3v) is 6.69. The van der Waals surface area contributed by atoms with E-state index in [0.717, 1.165) is 5.39 Å². The minimum atomic E-state index is -0.388. The van der Waals surface area contributed by atoms with Crippen LogP contribution < -0.4 is 25.2 Å². The van der Waals surface area contributed by atoms with Gasteiger partial charge < -0.3 is 24.1 Å². The zero-order chi connectivity index (χ0) is 23.2. The molecule has 34 heavy (non-hydrogen) atoms. The predicted octanol–water partition coefficient (Wildman–Crippen LogP) is 3.01. The van der Waals surface area contributed by atoms with E-state index >= 15 is 0 Å². The smallest absolute Gasteiger partial charge is 0.414 e. The number of rotatable bonds is 6. The maximum atomic E-state index is 14.6. The van der Waals surface area contributed by atoms with E-state index in [-0.39, 0.29) is 29.5 Å². The van der Waals surface area contributed by atoms with Crippen LogP contribution >= 0.6 is 0 Å². The molecule has 1 fully saturated rings. The first-order chi connectivity index (χ1) is 16.6. The summed E-state index contributed by atoms with van der Waals surface area (Å²) in [4.78, 5) is 26.3. The van der Waals surface area contributed by atoms with E-state index in [2.05, 4.69) is 5.32 Å². The fraction of sp³-hybridized carbons (Fsp3) is 0.360. The lowest BCUT2D eigenvalue weighted by atomic mass is 9.99. The monoisotopic (exact) mass is 465 g/mol. The maximum absolute atomic E-state index is 14.6. The number of halogens is 1. The van der Waals surface area contributed by atoms with Crippen LogP contribution in [0.15, 0.2) is 47.3 Å². The van der Waals surface area contributed by atoms with Crippen LogP contribution in [0.25, 0.3) is 10.9 Å². The zero-order valence-corrected chi connectivity index (χ0v) is 18.5. The second-order valence-corrected chi connectivity index (χ2v) is 8.82. The average Bonchev–Trinajstić information content (AvgIpc) is 3.42. The van der Waals surface area contributed by atoms with Gasteiger partial charge in [-0.3, -0.25) is 9.69 Å². The van der Waals surface area contributed by atoms with Crippen molar-refractivity contribution in [3.8, 4) is 11.5 Å². The molecule has 2 atom stereocenters. The van der Waals surface area contributed by atoms with Gasteiger partial charge in [0.1, 0.15) is 25.1 Å². The molecule has 0 spiro atoms. The molecule has 176 valence electrons. The van der Waals surface area contributed by atoms with Crippen LogP contribution in [0.5, 0.6) is 11.5 Å². The number of anilines is 1. The molecule has 1 N–H and O–H groups in total. The average molecular weight is 465 g/mol. The standard InChI is InChI=1S/C25H24FN3O5/c26-19-4-1-15-2-6-22(30)29-13-16(23(19)24(15)29)12-27-8-7-18-14-28(25(31)34-18)17-3-5-20-21(11-17)33-10-9-32-20/h1-6,11,16,18,27H,7-10,12-14H2/t16-,18+/m0/s1. The summed E-state index contributed by atoms with van der Waals surface area (Å²) in [6, 6.07) is 11.9. The van der Waals surface area contributed by atoms with Gasteiger partial charge in [-0.1, -0.05) is 0 Å². The number of aromatic nitrogens is 1. The molecule has 0 aliphatic carbocycles. The number of hydrogen-bond acceptors (Lipinski definition) is 6. The zero-order valence-electron chi connectivity index (χ0n) is 18.5. The highest BCUT2D eigenvalue weighted by molar-refractivity contribution is 5.90. The van der Waals surface area contributed by atoms with E-state index in [1.54, 1.807) is 33.7 Å². The van der Waals surface area contributed by atoms with Crippen molar-refractivity contribution in [2.75, 3.05) is 37.7 Å². The van der Waals surface area contributed by atoms with Crippen molar-refractivity contribution in [1.29, 1.82) is 0 Å². The highest BCUT2D eigenvalue weighted by Crippen LogP contribution is 2.36. The first-order valence-electron chi connectivity index (χ1n) is 11.5. The van der Waals surface area contributed by atoms with Crippen LogP contribution in [0.4, 0.5) is 14.9 Å². The second-order valence-electron chi connectivity index (χ2n) is 8.82. The first kappa shape index (κ1) is 21.0. The summed E-state index contributed by atoms with van der Waals surface area (Å²) in [5, 5.41) is 4.23. The Hall–Kier alpha value is -3.59. The summed E-state index contributed by atoms with van der Waals surface area (Å²) in [5.41, 5.74) is 1.89. The Morgan fingerprint density at radius 2 is 1.82 bits per heavy atom. The molecular formula is C25H24FN3O5. The SMILES string of the molecule is O=C1O[C@H](CCNC[C@H]2Cn3c(=O)ccc4ccc(F)c2c43)CN1c1ccc2c(c1)OCCO2. The molecule has 0 radical (unpaired) electrons. The molecule has 6 rings (SSSR count). The van der Waals surface area contributed by atoms with E-state index in [1.807, 2.05) is 6.07 Å². The number of nitrogens with zero attached hydrogens (tertiary/aromatic N) is 2. The van der Waals surface area contributed by atoms with E-state index in [4.69, 9.17) is 14.2 Å². The highest BCUT2D eigenvalue weighted by atomic mass is 19.1. The molecule has 1 saturated heterocycles. The summed E-state index contributed by atoms with van der Waals surface area (Å²) < 4.78 is 33.0. The van der Waals surface area contributed by atoms with Gasteiger partial charge in [0.05, 0.1) is 17.7 Å². The van der Waals surface area contributed by atoms with Gasteiger partial charge in [-0.2, -0.15) is 0 Å². The van der Waals surface area contributed by atoms with Crippen LogP contribution in [-0.4, -0.2) is 49.6 Å². The van der Waals surface area contributed by atoms with E-state index in [0.29, 0.717) is 74.1 Å². The molecule has 3 aromatic rings. The number of fused-ring (bicyclic) bond motifs is 1. The molecule has 0 unspecified atom stereocenters. The van der Waals surface area contributed by atoms with Gasteiger partial charge in [0, 0.05) is 36.7 Å². The van der Waals surface area contributed by atoms with Crippen LogP contribution in [0.1, 0.15) is 17.9 Å². The Labute approximate surface area is 194 Å². The lowest BCUT2D eigenvalue weighted by molar-refractivity contribution is 0.136. The van der Waals surface area contributed by atoms with E-state index in [9.17, 15) is 14.0 Å². The lowest BCUT2D eigenvalue weighted by Gasteiger charge is -2.21. The number of ether oxygens (including phenoxy) is 3. The van der Waals surface area contributed by atoms with Gasteiger partial charge in [-0.15, -0.1) is 0 Å². The number of amides is 1. The lowest BCUT2D eigenvalue weighted by Crippen LogP contribution is -2.28. The summed E-state index contributed by atoms with van der Waals surface area (Å²) in [5.74, 6) is 0.891. The summed E-state index contributed by atoms with van der Waals surface area (Å²) >= 11 is 0. The van der Waals surface area contributed by atoms with Crippen molar-refractivity contribution in [2.24, 2.45) is 0 Å². The fourth-order valence-corrected chi connectivity index (χ4v) is 5.07. The molecule has 0 bridgehead atoms. The Kier molecular flexibility index (Phi) is 5.13. The van der Waals surface area contributed by atoms with E-state index in [1.165, 1.54) is 12.1 Å². The van der Waals surface area contributed by atoms with Crippen molar-refractivity contribution in [1.82, 2.24) is 9.88 Å². The Bertz CT molecular complexity index is 1340. The number of carbonyl (C=O) groups is 1. The number of pyridine rings is 1. The summed E-state index contributed by atoms with van der Waals surface area (Å²) in [7, 11) is 0. The summed E-state index contributed by atoms with van der Waals surface area (Å²) in [6.45, 7) is 3.02. The van der Waals surface area contributed by atoms with Gasteiger partial charge in [0.15, 0.2) is 11.5 Å². The molecule has 9 heteroatoms. The number of hydrogen-bond donors (Lipinski definition) is 1. The molecule has 1 aromatic heterocycles. The predicted molar refractivity (Wildman–Crippen MR) is 123 cm³/mol. The van der Waals surface area contributed by atoms with Gasteiger partial charge in [-0.05, 0) is 48.7 Å². The molecule has 0 saturated carbocycles. The van der Waals surface area contributed by atoms with Crippen LogP contribution in [-0.2, 0) is 11.3 Å². The first-order valence-corrected chi connectivity index (χ1v) is 11.5. The van der Waals surface area contributed by atoms with Gasteiger partial charge >= 0.3 is 6.09 Å². The molecule has 3 aliphatic heterocycles. The minimum Gasteiger partial charge on any atom is -0.486 e. The summed E-state index contributed by atoms with van der Waals surface area (Å²) in [6.07, 6.45) is -0.0168. The quantitative estimate of drug-likeness (QED) is 0.564. The van der Waals surface area contributed by atoms with Crippen LogP contribution in [0.2, 0.25) is 0 Å². The Balaban J connectivity index is 1.06. The fourth-order valence-electron chi connectivity index (χ4n) is 5.07. The van der Waals surface area contributed by atoms with E-state index < -0.39 is 0 Å². The molecule has 3 aliphatic rings. The number of cyclic esters (lactones) is 1. The molecular weight excluding hydrogens is 441 g/mol. The van der Waals surface area contributed by atoms with Crippen molar-refractivity contribution in [3.05, 3.63) is 64.2 Å².